The summed E-state index contributed by atoms with van der Waals surface area (Å²) in [5, 5.41) is 0. The van der Waals surface area contributed by atoms with E-state index < -0.39 is 0 Å². The maximum absolute atomic E-state index is 6.20. The zero-order chi connectivity index (χ0) is 8.76. The van der Waals surface area contributed by atoms with E-state index in [1.54, 1.807) is 0 Å². The zero-order valence-electron chi connectivity index (χ0n) is 8.16. The number of hydrogen-bond donors (Lipinski definition) is 0. The maximum atomic E-state index is 6.20. The lowest BCUT2D eigenvalue weighted by Crippen LogP contribution is -2.39. The van der Waals surface area contributed by atoms with Gasteiger partial charge in [0, 0.05) is 5.41 Å². The van der Waals surface area contributed by atoms with Gasteiger partial charge in [-0.15, -0.1) is 0 Å². The summed E-state index contributed by atoms with van der Waals surface area (Å²) in [5.74, 6) is 1.75. The van der Waals surface area contributed by atoms with E-state index in [9.17, 15) is 0 Å². The monoisotopic (exact) mass is 190 g/mol. The smallest absolute Gasteiger partial charge is 0.130 e. The highest BCUT2D eigenvalue weighted by atomic mass is 16.7. The van der Waals surface area contributed by atoms with Gasteiger partial charge in [0.15, 0.2) is 0 Å². The summed E-state index contributed by atoms with van der Waals surface area (Å²) in [7, 11) is 0. The molecule has 74 valence electrons. The SMILES string of the molecule is C1C[C@H]2C[C@H]1[C@@]13O[C@H]1C1(CC1)[C@H]1O[C@@]213. The van der Waals surface area contributed by atoms with Crippen LogP contribution in [0.3, 0.4) is 0 Å². The van der Waals surface area contributed by atoms with Gasteiger partial charge in [-0.1, -0.05) is 0 Å². The fourth-order valence-electron chi connectivity index (χ4n) is 5.83. The van der Waals surface area contributed by atoms with Gasteiger partial charge in [-0.2, -0.15) is 0 Å². The maximum Gasteiger partial charge on any atom is 0.130 e. The largest absolute Gasteiger partial charge is 0.362 e. The average Bonchev–Trinajstić information content (AvgIpc) is 3.03. The Morgan fingerprint density at radius 3 is 1.93 bits per heavy atom. The van der Waals surface area contributed by atoms with Gasteiger partial charge >= 0.3 is 0 Å². The number of ether oxygens (including phenoxy) is 2. The predicted octanol–water partition coefficient (Wildman–Crippen LogP) is 1.49. The first-order chi connectivity index (χ1) is 6.85. The van der Waals surface area contributed by atoms with Crippen LogP contribution in [0.4, 0.5) is 0 Å². The molecule has 2 nitrogen and oxygen atoms in total. The predicted molar refractivity (Wildman–Crippen MR) is 47.7 cm³/mol. The van der Waals surface area contributed by atoms with Gasteiger partial charge in [-0.25, -0.2) is 0 Å². The molecule has 2 bridgehead atoms. The third kappa shape index (κ3) is 0.337. The van der Waals surface area contributed by atoms with Crippen LogP contribution in [0.25, 0.3) is 0 Å². The molecule has 4 aliphatic carbocycles. The molecule has 6 aliphatic rings. The third-order valence-electron chi connectivity index (χ3n) is 6.42. The highest BCUT2D eigenvalue weighted by Gasteiger charge is 3.01. The second kappa shape index (κ2) is 1.35. The van der Waals surface area contributed by atoms with Gasteiger partial charge in [0.05, 0.1) is 12.2 Å². The Labute approximate surface area is 82.9 Å². The first-order valence-corrected chi connectivity index (χ1v) is 6.20. The summed E-state index contributed by atoms with van der Waals surface area (Å²) in [4.78, 5) is 0. The van der Waals surface area contributed by atoms with Crippen LogP contribution < -0.4 is 0 Å². The van der Waals surface area contributed by atoms with Crippen molar-refractivity contribution in [3.8, 4) is 0 Å². The summed E-state index contributed by atoms with van der Waals surface area (Å²) in [6.07, 6.45) is 8.34. The van der Waals surface area contributed by atoms with E-state index in [2.05, 4.69) is 0 Å². The molecule has 6 rings (SSSR count). The fraction of sp³-hybridized carbons (Fsp3) is 1.00. The van der Waals surface area contributed by atoms with Gasteiger partial charge in [0.1, 0.15) is 11.2 Å². The summed E-state index contributed by atoms with van der Waals surface area (Å²) < 4.78 is 12.4. The van der Waals surface area contributed by atoms with Crippen LogP contribution in [0.15, 0.2) is 0 Å². The van der Waals surface area contributed by atoms with Crippen LogP contribution in [-0.4, -0.2) is 23.4 Å². The lowest BCUT2D eigenvalue weighted by molar-refractivity contribution is 0.100. The van der Waals surface area contributed by atoms with Crippen molar-refractivity contribution in [1.29, 1.82) is 0 Å². The minimum atomic E-state index is 0.275. The Balaban J connectivity index is 1.67. The van der Waals surface area contributed by atoms with Crippen molar-refractivity contribution in [2.24, 2.45) is 17.3 Å². The van der Waals surface area contributed by atoms with Gasteiger partial charge in [0.2, 0.25) is 0 Å². The number of rotatable bonds is 0. The van der Waals surface area contributed by atoms with Crippen molar-refractivity contribution in [2.45, 2.75) is 55.5 Å². The molecule has 0 radical (unpaired) electrons. The number of epoxide rings is 2. The second-order valence-electron chi connectivity index (χ2n) is 6.52. The first kappa shape index (κ1) is 6.49. The van der Waals surface area contributed by atoms with Crippen LogP contribution in [0, 0.1) is 17.3 Å². The van der Waals surface area contributed by atoms with Gasteiger partial charge in [-0.05, 0) is 43.9 Å². The van der Waals surface area contributed by atoms with Gasteiger partial charge < -0.3 is 9.47 Å². The third-order valence-corrected chi connectivity index (χ3v) is 6.42. The van der Waals surface area contributed by atoms with E-state index in [-0.39, 0.29) is 11.2 Å². The Morgan fingerprint density at radius 2 is 1.43 bits per heavy atom. The molecular formula is C12H14O2. The number of fused-ring (bicyclic) bond motifs is 4. The summed E-state index contributed by atoms with van der Waals surface area (Å²) in [6.45, 7) is 0. The first-order valence-electron chi connectivity index (χ1n) is 6.20. The molecule has 2 aliphatic heterocycles. The normalized spacial score (nSPS) is 77.1. The van der Waals surface area contributed by atoms with Crippen LogP contribution in [-0.2, 0) is 9.47 Å². The standard InChI is InChI=1S/C12H14O2/c1-2-7-5-6(1)11-8(13-11)10(3-4-10)9-12(7,11)14-9/h6-9H,1-5H2/t6-,7-,8-,9+,11+,12-/m0/s1. The second-order valence-corrected chi connectivity index (χ2v) is 6.52. The molecule has 0 unspecified atom stereocenters. The van der Waals surface area contributed by atoms with E-state index in [0.29, 0.717) is 17.6 Å². The van der Waals surface area contributed by atoms with Crippen LogP contribution >= 0.6 is 0 Å². The van der Waals surface area contributed by atoms with Crippen molar-refractivity contribution in [3.63, 3.8) is 0 Å². The summed E-state index contributed by atoms with van der Waals surface area (Å²) in [5.41, 5.74) is 1.09. The average molecular weight is 190 g/mol. The minimum absolute atomic E-state index is 0.275. The van der Waals surface area contributed by atoms with Crippen LogP contribution in [0.1, 0.15) is 32.1 Å². The Hall–Kier alpha value is -0.0800. The lowest BCUT2D eigenvalue weighted by Gasteiger charge is -2.24. The van der Waals surface area contributed by atoms with Crippen molar-refractivity contribution in [2.75, 3.05) is 0 Å². The molecule has 0 amide bonds. The van der Waals surface area contributed by atoms with Crippen LogP contribution in [0.2, 0.25) is 0 Å². The van der Waals surface area contributed by atoms with Crippen molar-refractivity contribution >= 4 is 0 Å². The molecule has 0 aromatic rings. The molecule has 2 heteroatoms. The Kier molecular flexibility index (Phi) is 0.624. The van der Waals surface area contributed by atoms with E-state index in [1.807, 2.05) is 0 Å². The molecule has 0 N–H and O–H groups in total. The lowest BCUT2D eigenvalue weighted by atomic mass is 9.79. The van der Waals surface area contributed by atoms with E-state index in [0.717, 1.165) is 11.8 Å². The highest BCUT2D eigenvalue weighted by molar-refractivity contribution is 5.49. The molecule has 3 spiro atoms. The van der Waals surface area contributed by atoms with Crippen LogP contribution in [0.5, 0.6) is 0 Å². The van der Waals surface area contributed by atoms with Crippen molar-refractivity contribution < 1.29 is 9.47 Å². The van der Waals surface area contributed by atoms with Crippen molar-refractivity contribution in [3.05, 3.63) is 0 Å². The van der Waals surface area contributed by atoms with Gasteiger partial charge in [-0.3, -0.25) is 0 Å². The van der Waals surface area contributed by atoms with Gasteiger partial charge in [0.25, 0.3) is 0 Å². The van der Waals surface area contributed by atoms with E-state index in [4.69, 9.17) is 9.47 Å². The fourth-order valence-corrected chi connectivity index (χ4v) is 5.83. The quantitative estimate of drug-likeness (QED) is 0.541. The van der Waals surface area contributed by atoms with E-state index in [1.165, 1.54) is 32.1 Å². The minimum Gasteiger partial charge on any atom is -0.362 e. The Bertz CT molecular complexity index is 356. The molecule has 14 heavy (non-hydrogen) atoms. The van der Waals surface area contributed by atoms with E-state index >= 15 is 0 Å². The molecule has 6 atom stereocenters. The Morgan fingerprint density at radius 1 is 0.857 bits per heavy atom. The molecule has 2 saturated heterocycles. The highest BCUT2D eigenvalue weighted by Crippen LogP contribution is 2.89. The molecule has 0 aromatic heterocycles. The van der Waals surface area contributed by atoms with Crippen molar-refractivity contribution in [1.82, 2.24) is 0 Å². The molecule has 2 heterocycles. The summed E-state index contributed by atoms with van der Waals surface area (Å²) >= 11 is 0. The molecule has 4 saturated carbocycles. The topological polar surface area (TPSA) is 25.1 Å². The number of hydrogen-bond acceptors (Lipinski definition) is 2. The molecule has 0 aromatic carbocycles. The zero-order valence-corrected chi connectivity index (χ0v) is 8.16. The summed E-state index contributed by atoms with van der Waals surface area (Å²) in [6, 6.07) is 0. The molecular weight excluding hydrogens is 176 g/mol. The molecule has 6 fully saturated rings.